The highest BCUT2D eigenvalue weighted by Gasteiger charge is 2.20. The molecule has 0 radical (unpaired) electrons. The predicted molar refractivity (Wildman–Crippen MR) is 142 cm³/mol. The molecule has 1 aromatic carbocycles. The molecule has 1 fully saturated rings. The van der Waals surface area contributed by atoms with Crippen LogP contribution in [0.5, 0.6) is 5.75 Å². The smallest absolute Gasteiger partial charge is 0.138 e. The largest absolute Gasteiger partial charge is 0.494 e. The summed E-state index contributed by atoms with van der Waals surface area (Å²) >= 11 is 1.72. The predicted octanol–water partition coefficient (Wildman–Crippen LogP) is 5.30. The molecule has 1 aliphatic heterocycles. The lowest BCUT2D eigenvalue weighted by Gasteiger charge is -2.32. The monoisotopic (exact) mass is 490 g/mol. The minimum absolute atomic E-state index is 0.447. The fourth-order valence-electron chi connectivity index (χ4n) is 4.79. The number of nitrogens with zero attached hydrogens (tertiary/aromatic N) is 5. The van der Waals surface area contributed by atoms with Crippen LogP contribution in [0, 0.1) is 6.92 Å². The molecule has 35 heavy (non-hydrogen) atoms. The molecule has 3 aromatic heterocycles. The number of thiophene rings is 1. The summed E-state index contributed by atoms with van der Waals surface area (Å²) in [4.78, 5) is 18.2. The number of anilines is 1. The SMILES string of the molecule is CCc1nccn1CCCOc1cccc(CN2CCC(Nc3ncnc4sc(C)cc34)CC2)c1. The van der Waals surface area contributed by atoms with Gasteiger partial charge in [0.15, 0.2) is 0 Å². The Kier molecular flexibility index (Phi) is 7.59. The van der Waals surface area contributed by atoms with Gasteiger partial charge in [0.2, 0.25) is 0 Å². The van der Waals surface area contributed by atoms with Crippen molar-refractivity contribution in [2.75, 3.05) is 25.0 Å². The average molecular weight is 491 g/mol. The molecule has 7 nitrogen and oxygen atoms in total. The number of ether oxygens (including phenoxy) is 1. The van der Waals surface area contributed by atoms with Crippen LogP contribution in [0.4, 0.5) is 5.82 Å². The van der Waals surface area contributed by atoms with Crippen LogP contribution in [0.1, 0.15) is 42.5 Å². The van der Waals surface area contributed by atoms with Crippen LogP contribution in [0.3, 0.4) is 0 Å². The first-order valence-corrected chi connectivity index (χ1v) is 13.4. The first-order valence-electron chi connectivity index (χ1n) is 12.6. The van der Waals surface area contributed by atoms with E-state index in [0.717, 1.165) is 79.5 Å². The minimum Gasteiger partial charge on any atom is -0.494 e. The van der Waals surface area contributed by atoms with Crippen LogP contribution in [0.25, 0.3) is 10.2 Å². The van der Waals surface area contributed by atoms with Crippen LogP contribution in [0.15, 0.2) is 49.1 Å². The minimum atomic E-state index is 0.447. The van der Waals surface area contributed by atoms with Gasteiger partial charge in [0.25, 0.3) is 0 Å². The molecular formula is C27H34N6OS. The van der Waals surface area contributed by atoms with Gasteiger partial charge in [-0.25, -0.2) is 15.0 Å². The second-order valence-electron chi connectivity index (χ2n) is 9.23. The van der Waals surface area contributed by atoms with Crippen LogP contribution >= 0.6 is 11.3 Å². The first-order chi connectivity index (χ1) is 17.2. The molecule has 0 bridgehead atoms. The lowest BCUT2D eigenvalue weighted by atomic mass is 10.0. The number of nitrogens with one attached hydrogen (secondary N) is 1. The molecule has 0 spiro atoms. The third-order valence-electron chi connectivity index (χ3n) is 6.62. The first kappa shape index (κ1) is 23.8. The summed E-state index contributed by atoms with van der Waals surface area (Å²) in [5.74, 6) is 3.07. The summed E-state index contributed by atoms with van der Waals surface area (Å²) in [6, 6.07) is 11.2. The van der Waals surface area contributed by atoms with E-state index in [2.05, 4.69) is 80.1 Å². The summed E-state index contributed by atoms with van der Waals surface area (Å²) in [7, 11) is 0. The van der Waals surface area contributed by atoms with E-state index >= 15 is 0 Å². The van der Waals surface area contributed by atoms with Crippen molar-refractivity contribution in [3.8, 4) is 5.75 Å². The third-order valence-corrected chi connectivity index (χ3v) is 7.57. The number of fused-ring (bicyclic) bond motifs is 1. The lowest BCUT2D eigenvalue weighted by Crippen LogP contribution is -2.38. The maximum absolute atomic E-state index is 6.05. The van der Waals surface area contributed by atoms with Crippen molar-refractivity contribution in [1.29, 1.82) is 0 Å². The van der Waals surface area contributed by atoms with Crippen molar-refractivity contribution in [2.45, 2.75) is 58.7 Å². The van der Waals surface area contributed by atoms with Gasteiger partial charge in [-0.2, -0.15) is 0 Å². The Balaban J connectivity index is 1.08. The Bertz CT molecular complexity index is 1240. The molecule has 1 N–H and O–H groups in total. The zero-order valence-electron chi connectivity index (χ0n) is 20.6. The van der Waals surface area contributed by atoms with Gasteiger partial charge in [-0.3, -0.25) is 4.90 Å². The molecule has 0 amide bonds. The van der Waals surface area contributed by atoms with E-state index in [1.54, 1.807) is 17.7 Å². The van der Waals surface area contributed by atoms with Crippen molar-refractivity contribution in [1.82, 2.24) is 24.4 Å². The number of aromatic nitrogens is 4. The molecule has 1 aliphatic rings. The zero-order chi connectivity index (χ0) is 24.0. The maximum atomic E-state index is 6.05. The van der Waals surface area contributed by atoms with Crippen molar-refractivity contribution >= 4 is 27.4 Å². The van der Waals surface area contributed by atoms with Crippen LogP contribution in [-0.2, 0) is 19.5 Å². The third kappa shape index (κ3) is 6.00. The molecule has 0 unspecified atom stereocenters. The molecule has 8 heteroatoms. The Morgan fingerprint density at radius 2 is 2.03 bits per heavy atom. The highest BCUT2D eigenvalue weighted by molar-refractivity contribution is 7.18. The summed E-state index contributed by atoms with van der Waals surface area (Å²) in [5, 5.41) is 4.82. The van der Waals surface area contributed by atoms with Crippen molar-refractivity contribution in [2.24, 2.45) is 0 Å². The van der Waals surface area contributed by atoms with E-state index in [1.807, 2.05) is 6.20 Å². The van der Waals surface area contributed by atoms with Gasteiger partial charge in [-0.05, 0) is 49.9 Å². The topological polar surface area (TPSA) is 68.1 Å². The van der Waals surface area contributed by atoms with Gasteiger partial charge in [0, 0.05) is 55.9 Å². The van der Waals surface area contributed by atoms with E-state index < -0.39 is 0 Å². The molecule has 0 atom stereocenters. The standard InChI is InChI=1S/C27H34N6OS/c1-3-25-28-10-14-33(25)11-5-15-34-23-7-4-6-21(17-23)18-32-12-8-22(9-13-32)31-26-24-16-20(2)35-27(24)30-19-29-26/h4,6-7,10,14,16-17,19,22H,3,5,8-9,11-13,15,18H2,1-2H3,(H,29,30,31). The molecule has 0 aliphatic carbocycles. The van der Waals surface area contributed by atoms with Crippen molar-refractivity contribution in [3.05, 3.63) is 65.3 Å². The molecule has 0 saturated carbocycles. The van der Waals surface area contributed by atoms with Crippen LogP contribution in [-0.4, -0.2) is 50.2 Å². The Hall–Kier alpha value is -2.97. The number of benzene rings is 1. The van der Waals surface area contributed by atoms with E-state index in [4.69, 9.17) is 4.74 Å². The van der Waals surface area contributed by atoms with Crippen molar-refractivity contribution in [3.63, 3.8) is 0 Å². The molecule has 4 aromatic rings. The lowest BCUT2D eigenvalue weighted by molar-refractivity contribution is 0.211. The number of hydrogen-bond donors (Lipinski definition) is 1. The zero-order valence-corrected chi connectivity index (χ0v) is 21.4. The molecule has 1 saturated heterocycles. The van der Waals surface area contributed by atoms with E-state index in [9.17, 15) is 0 Å². The van der Waals surface area contributed by atoms with E-state index in [0.29, 0.717) is 12.6 Å². The van der Waals surface area contributed by atoms with Gasteiger partial charge in [0.05, 0.1) is 12.0 Å². The number of hydrogen-bond acceptors (Lipinski definition) is 7. The van der Waals surface area contributed by atoms with Crippen LogP contribution < -0.4 is 10.1 Å². The summed E-state index contributed by atoms with van der Waals surface area (Å²) < 4.78 is 8.27. The number of rotatable bonds is 10. The van der Waals surface area contributed by atoms with Gasteiger partial charge >= 0.3 is 0 Å². The highest BCUT2D eigenvalue weighted by Crippen LogP contribution is 2.29. The number of likely N-dealkylation sites (tertiary alicyclic amines) is 1. The maximum Gasteiger partial charge on any atom is 0.138 e. The summed E-state index contributed by atoms with van der Waals surface area (Å²) in [6.07, 6.45) is 9.75. The normalized spacial score (nSPS) is 15.0. The Morgan fingerprint density at radius 1 is 1.14 bits per heavy atom. The van der Waals surface area contributed by atoms with Gasteiger partial charge in [0.1, 0.15) is 28.5 Å². The molecular weight excluding hydrogens is 456 g/mol. The Labute approximate surface area is 211 Å². The number of aryl methyl sites for hydroxylation is 3. The van der Waals surface area contributed by atoms with E-state index in [-0.39, 0.29) is 0 Å². The van der Waals surface area contributed by atoms with Crippen molar-refractivity contribution < 1.29 is 4.74 Å². The molecule has 184 valence electrons. The number of piperidine rings is 1. The second-order valence-corrected chi connectivity index (χ2v) is 10.5. The summed E-state index contributed by atoms with van der Waals surface area (Å²) in [6.45, 7) is 9.02. The highest BCUT2D eigenvalue weighted by atomic mass is 32.1. The second kappa shape index (κ2) is 11.2. The van der Waals surface area contributed by atoms with E-state index in [1.165, 1.54) is 10.4 Å². The fourth-order valence-corrected chi connectivity index (χ4v) is 5.64. The number of imidazole rings is 1. The molecule has 5 rings (SSSR count). The van der Waals surface area contributed by atoms with Crippen LogP contribution in [0.2, 0.25) is 0 Å². The quantitative estimate of drug-likeness (QED) is 0.304. The van der Waals surface area contributed by atoms with Gasteiger partial charge in [-0.15, -0.1) is 11.3 Å². The van der Waals surface area contributed by atoms with Gasteiger partial charge in [-0.1, -0.05) is 19.1 Å². The van der Waals surface area contributed by atoms with Gasteiger partial charge < -0.3 is 14.6 Å². The molecule has 4 heterocycles. The summed E-state index contributed by atoms with van der Waals surface area (Å²) in [5.41, 5.74) is 1.31. The fraction of sp³-hybridized carbons (Fsp3) is 0.444. The Morgan fingerprint density at radius 3 is 2.89 bits per heavy atom. The average Bonchev–Trinajstić information content (AvgIpc) is 3.49.